The summed E-state index contributed by atoms with van der Waals surface area (Å²) in [5, 5.41) is 0. The van der Waals surface area contributed by atoms with Gasteiger partial charge in [0.25, 0.3) is 0 Å². The lowest BCUT2D eigenvalue weighted by molar-refractivity contribution is 0.199. The number of rotatable bonds is 5. The summed E-state index contributed by atoms with van der Waals surface area (Å²) in [4.78, 5) is 3.56. The van der Waals surface area contributed by atoms with Crippen LogP contribution in [0.4, 0.5) is 0 Å². The maximum atomic E-state index is 5.74. The van der Waals surface area contributed by atoms with Gasteiger partial charge in [-0.25, -0.2) is 0 Å². The van der Waals surface area contributed by atoms with E-state index < -0.39 is 8.72 Å². The summed E-state index contributed by atoms with van der Waals surface area (Å²) >= 11 is 0. The van der Waals surface area contributed by atoms with Crippen LogP contribution in [-0.4, -0.2) is 29.0 Å². The first-order valence-electron chi connectivity index (χ1n) is 6.02. The fourth-order valence-electron chi connectivity index (χ4n) is 2.54. The smallest absolute Gasteiger partial charge is 0.386 e. The molecule has 4 heteroatoms. The van der Waals surface area contributed by atoms with Crippen LogP contribution in [0.2, 0.25) is 5.54 Å². The minimum atomic E-state index is -2.16. The lowest BCUT2D eigenvalue weighted by Gasteiger charge is -2.38. The zero-order valence-electron chi connectivity index (χ0n) is 10.5. The van der Waals surface area contributed by atoms with Gasteiger partial charge in [-0.05, 0) is 18.9 Å². The van der Waals surface area contributed by atoms with Crippen LogP contribution >= 0.6 is 0 Å². The van der Waals surface area contributed by atoms with Crippen LogP contribution in [-0.2, 0) is 8.85 Å². The molecule has 1 saturated carbocycles. The normalized spacial score (nSPS) is 19.8. The van der Waals surface area contributed by atoms with Crippen LogP contribution in [0.15, 0.2) is 0 Å². The molecule has 0 aromatic rings. The summed E-state index contributed by atoms with van der Waals surface area (Å²) in [6.45, 7) is 4.31. The Balaban J connectivity index is 2.68. The molecule has 0 bridgehead atoms. The van der Waals surface area contributed by atoms with E-state index in [0.29, 0.717) is 11.6 Å². The van der Waals surface area contributed by atoms with E-state index in [0.717, 1.165) is 0 Å². The molecule has 0 radical (unpaired) electrons. The monoisotopic (exact) mass is 231 g/mol. The predicted molar refractivity (Wildman–Crippen MR) is 64.9 cm³/mol. The van der Waals surface area contributed by atoms with Crippen molar-refractivity contribution in [1.82, 2.24) is 4.98 Å². The summed E-state index contributed by atoms with van der Waals surface area (Å²) < 4.78 is 11.5. The minimum Gasteiger partial charge on any atom is -0.386 e. The van der Waals surface area contributed by atoms with Crippen molar-refractivity contribution in [3.8, 4) is 0 Å². The fraction of sp³-hybridized carbons (Fsp3) is 1.00. The topological polar surface area (TPSA) is 30.5 Å². The molecular formula is C11H25NO2Si. The first kappa shape index (κ1) is 13.2. The Morgan fingerprint density at radius 1 is 1.07 bits per heavy atom. The van der Waals surface area contributed by atoms with Crippen LogP contribution in [0.3, 0.4) is 0 Å². The molecule has 0 heterocycles. The third-order valence-corrected chi connectivity index (χ3v) is 7.08. The van der Waals surface area contributed by atoms with Crippen molar-refractivity contribution >= 4 is 8.72 Å². The van der Waals surface area contributed by atoms with E-state index in [4.69, 9.17) is 8.85 Å². The van der Waals surface area contributed by atoms with Crippen molar-refractivity contribution < 1.29 is 8.85 Å². The molecule has 1 aliphatic carbocycles. The maximum absolute atomic E-state index is 5.74. The van der Waals surface area contributed by atoms with Gasteiger partial charge in [0.15, 0.2) is 0 Å². The lowest BCUT2D eigenvalue weighted by atomic mass is 10.0. The molecule has 0 aromatic carbocycles. The van der Waals surface area contributed by atoms with Crippen LogP contribution in [0.25, 0.3) is 0 Å². The van der Waals surface area contributed by atoms with Crippen molar-refractivity contribution in [2.24, 2.45) is 0 Å². The second kappa shape index (κ2) is 5.99. The summed E-state index contributed by atoms with van der Waals surface area (Å²) in [5.74, 6) is 0. The van der Waals surface area contributed by atoms with Gasteiger partial charge in [-0.15, -0.1) is 0 Å². The van der Waals surface area contributed by atoms with Crippen LogP contribution < -0.4 is 4.98 Å². The maximum Gasteiger partial charge on any atom is 0.427 e. The van der Waals surface area contributed by atoms with Gasteiger partial charge in [-0.2, -0.15) is 0 Å². The number of hydrogen-bond donors (Lipinski definition) is 1. The van der Waals surface area contributed by atoms with Gasteiger partial charge < -0.3 is 8.85 Å². The van der Waals surface area contributed by atoms with Gasteiger partial charge in [0.05, 0.1) is 0 Å². The Labute approximate surface area is 94.9 Å². The molecule has 1 N–H and O–H groups in total. The molecule has 15 heavy (non-hydrogen) atoms. The Morgan fingerprint density at radius 2 is 1.60 bits per heavy atom. The Kier molecular flexibility index (Phi) is 5.25. The molecule has 0 aliphatic heterocycles. The average molecular weight is 231 g/mol. The van der Waals surface area contributed by atoms with Crippen LogP contribution in [0.1, 0.15) is 46.0 Å². The molecule has 0 amide bonds. The molecule has 1 aliphatic rings. The van der Waals surface area contributed by atoms with Crippen molar-refractivity contribution in [3.05, 3.63) is 0 Å². The zero-order chi connectivity index (χ0) is 11.3. The van der Waals surface area contributed by atoms with E-state index in [1.807, 2.05) is 0 Å². The molecule has 1 fully saturated rings. The third kappa shape index (κ3) is 3.28. The second-order valence-electron chi connectivity index (χ2n) is 4.71. The van der Waals surface area contributed by atoms with E-state index >= 15 is 0 Å². The Bertz CT molecular complexity index is 177. The van der Waals surface area contributed by atoms with Gasteiger partial charge in [0.1, 0.15) is 0 Å². The van der Waals surface area contributed by atoms with E-state index in [1.165, 1.54) is 32.1 Å². The van der Waals surface area contributed by atoms with Crippen LogP contribution in [0.5, 0.6) is 0 Å². The number of nitrogens with one attached hydrogen (secondary N) is 1. The quantitative estimate of drug-likeness (QED) is 0.738. The van der Waals surface area contributed by atoms with Crippen molar-refractivity contribution in [2.45, 2.75) is 57.5 Å². The van der Waals surface area contributed by atoms with Crippen molar-refractivity contribution in [2.75, 3.05) is 14.2 Å². The minimum absolute atomic E-state index is 0.429. The van der Waals surface area contributed by atoms with Crippen LogP contribution in [0, 0.1) is 0 Å². The van der Waals surface area contributed by atoms with E-state index in [1.54, 1.807) is 14.2 Å². The molecule has 0 spiro atoms. The molecule has 0 atom stereocenters. The fourth-order valence-corrected chi connectivity index (χ4v) is 5.82. The second-order valence-corrected chi connectivity index (χ2v) is 7.97. The highest BCUT2D eigenvalue weighted by Crippen LogP contribution is 2.36. The highest BCUT2D eigenvalue weighted by Gasteiger charge is 2.45. The van der Waals surface area contributed by atoms with Gasteiger partial charge >= 0.3 is 8.72 Å². The standard InChI is InChI=1S/C11H25NO2Si/c1-10(2)12-15(13-3,14-4)11-8-6-5-7-9-11/h10-12H,5-9H2,1-4H3. The van der Waals surface area contributed by atoms with Gasteiger partial charge in [-0.1, -0.05) is 33.1 Å². The molecule has 0 saturated heterocycles. The highest BCUT2D eigenvalue weighted by molar-refractivity contribution is 6.66. The van der Waals surface area contributed by atoms with E-state index in [-0.39, 0.29) is 0 Å². The van der Waals surface area contributed by atoms with E-state index in [9.17, 15) is 0 Å². The molecule has 0 unspecified atom stereocenters. The Morgan fingerprint density at radius 3 is 2.00 bits per heavy atom. The molecule has 90 valence electrons. The zero-order valence-corrected chi connectivity index (χ0v) is 11.5. The highest BCUT2D eigenvalue weighted by atomic mass is 28.4. The molecule has 1 rings (SSSR count). The summed E-state index contributed by atoms with van der Waals surface area (Å²) in [6, 6.07) is 0.429. The van der Waals surface area contributed by atoms with Gasteiger partial charge in [0.2, 0.25) is 0 Å². The average Bonchev–Trinajstić information content (AvgIpc) is 2.27. The Hall–Kier alpha value is 0.0969. The number of hydrogen-bond acceptors (Lipinski definition) is 3. The first-order chi connectivity index (χ1) is 7.14. The van der Waals surface area contributed by atoms with Gasteiger partial charge in [0, 0.05) is 19.8 Å². The lowest BCUT2D eigenvalue weighted by Crippen LogP contribution is -2.61. The molecule has 0 aromatic heterocycles. The third-order valence-electron chi connectivity index (χ3n) is 3.24. The van der Waals surface area contributed by atoms with E-state index in [2.05, 4.69) is 18.8 Å². The summed E-state index contributed by atoms with van der Waals surface area (Å²) in [6.07, 6.45) is 6.54. The SMILES string of the molecule is CO[Si](NC(C)C)(OC)C1CCCCC1. The molecular weight excluding hydrogens is 206 g/mol. The first-order valence-corrected chi connectivity index (χ1v) is 7.92. The predicted octanol–water partition coefficient (Wildman–Crippen LogP) is 2.55. The van der Waals surface area contributed by atoms with Gasteiger partial charge in [-0.3, -0.25) is 4.98 Å². The summed E-state index contributed by atoms with van der Waals surface area (Å²) in [5.41, 5.74) is 0.614. The largest absolute Gasteiger partial charge is 0.427 e. The summed E-state index contributed by atoms with van der Waals surface area (Å²) in [7, 11) is 1.43. The van der Waals surface area contributed by atoms with Crippen molar-refractivity contribution in [1.29, 1.82) is 0 Å². The molecule has 3 nitrogen and oxygen atoms in total. The van der Waals surface area contributed by atoms with Crippen molar-refractivity contribution in [3.63, 3.8) is 0 Å².